The highest BCUT2D eigenvalue weighted by Gasteiger charge is 2.43. The zero-order valence-corrected chi connectivity index (χ0v) is 24.4. The molecule has 40 heavy (non-hydrogen) atoms. The first-order chi connectivity index (χ1) is 19.3. The van der Waals surface area contributed by atoms with E-state index in [9.17, 15) is 0 Å². The fourth-order valence-corrected chi connectivity index (χ4v) is 6.36. The van der Waals surface area contributed by atoms with E-state index in [4.69, 9.17) is 30.7 Å². The van der Waals surface area contributed by atoms with Crippen LogP contribution in [0.2, 0.25) is 0 Å². The van der Waals surface area contributed by atoms with Gasteiger partial charge < -0.3 is 35.9 Å². The van der Waals surface area contributed by atoms with Crippen molar-refractivity contribution < 1.29 is 14.2 Å². The number of hydrogen-bond donors (Lipinski definition) is 3. The van der Waals surface area contributed by atoms with Gasteiger partial charge >= 0.3 is 0 Å². The number of nitrogens with one attached hydrogen (secondary N) is 1. The number of rotatable bonds is 10. The molecule has 3 aliphatic rings. The molecule has 10 heteroatoms. The molecule has 1 atom stereocenters. The molecule has 5 N–H and O–H groups in total. The maximum absolute atomic E-state index is 7.09. The number of piperidine rings is 1. The van der Waals surface area contributed by atoms with E-state index in [0.717, 1.165) is 56.0 Å². The van der Waals surface area contributed by atoms with Crippen molar-refractivity contribution in [2.75, 3.05) is 77.9 Å². The average molecular weight is 552 g/mol. The number of hydrogen-bond acceptors (Lipinski definition) is 10. The molecule has 218 valence electrons. The molecule has 0 aliphatic carbocycles. The van der Waals surface area contributed by atoms with Crippen LogP contribution in [0.5, 0.6) is 17.2 Å². The first-order valence-electron chi connectivity index (χ1n) is 14.4. The van der Waals surface area contributed by atoms with E-state index in [0.29, 0.717) is 24.1 Å². The molecule has 2 saturated heterocycles. The van der Waals surface area contributed by atoms with Crippen LogP contribution in [0.1, 0.15) is 36.8 Å². The van der Waals surface area contributed by atoms with Crippen molar-refractivity contribution >= 4 is 17.3 Å². The van der Waals surface area contributed by atoms with E-state index in [2.05, 4.69) is 52.3 Å². The SMILES string of the molecule is COc1cc2c(cc1OC)C(N)(C1CCN(Cc3c(OCCN4CCCC4)cccc3N(C)C)CC1)N=C(N)N2. The summed E-state index contributed by atoms with van der Waals surface area (Å²) in [6.45, 7) is 6.69. The minimum absolute atomic E-state index is 0.126. The molecule has 0 radical (unpaired) electrons. The van der Waals surface area contributed by atoms with Gasteiger partial charge in [0.15, 0.2) is 17.5 Å². The summed E-state index contributed by atoms with van der Waals surface area (Å²) >= 11 is 0. The highest BCUT2D eigenvalue weighted by Crippen LogP contribution is 2.45. The summed E-state index contributed by atoms with van der Waals surface area (Å²) in [5, 5.41) is 3.16. The minimum atomic E-state index is -0.943. The topological polar surface area (TPSA) is 114 Å². The van der Waals surface area contributed by atoms with E-state index in [-0.39, 0.29) is 5.92 Å². The second kappa shape index (κ2) is 12.1. The maximum Gasteiger partial charge on any atom is 0.195 e. The van der Waals surface area contributed by atoms with Gasteiger partial charge in [-0.1, -0.05) is 6.07 Å². The number of anilines is 2. The van der Waals surface area contributed by atoms with Crippen molar-refractivity contribution in [2.45, 2.75) is 37.9 Å². The lowest BCUT2D eigenvalue weighted by Gasteiger charge is -2.43. The van der Waals surface area contributed by atoms with Crippen LogP contribution in [-0.2, 0) is 12.2 Å². The second-order valence-corrected chi connectivity index (χ2v) is 11.3. The van der Waals surface area contributed by atoms with Crippen LogP contribution in [0.3, 0.4) is 0 Å². The van der Waals surface area contributed by atoms with Crippen LogP contribution < -0.4 is 35.9 Å². The monoisotopic (exact) mass is 551 g/mol. The maximum atomic E-state index is 7.09. The molecule has 10 nitrogen and oxygen atoms in total. The Kier molecular flexibility index (Phi) is 8.58. The summed E-state index contributed by atoms with van der Waals surface area (Å²) in [5.41, 5.74) is 16.5. The standard InChI is InChI=1S/C30H45N7O3/c1-35(2)25-8-7-9-26(40-17-16-36-12-5-6-13-36)22(25)20-37-14-10-21(11-15-37)30(32)23-18-27(38-3)28(39-4)19-24(23)33-29(31)34-30/h7-9,18-19,21H,5-6,10-17,20,32H2,1-4H3,(H3,31,33,34). The molecule has 0 amide bonds. The summed E-state index contributed by atoms with van der Waals surface area (Å²) in [4.78, 5) is 11.9. The van der Waals surface area contributed by atoms with E-state index in [1.165, 1.54) is 37.2 Å². The smallest absolute Gasteiger partial charge is 0.195 e. The van der Waals surface area contributed by atoms with Gasteiger partial charge in [0.2, 0.25) is 0 Å². The summed E-state index contributed by atoms with van der Waals surface area (Å²) in [6, 6.07) is 10.2. The molecule has 3 aliphatic heterocycles. The number of ether oxygens (including phenoxy) is 3. The second-order valence-electron chi connectivity index (χ2n) is 11.3. The van der Waals surface area contributed by atoms with Crippen molar-refractivity contribution in [3.05, 3.63) is 41.5 Å². The Hall–Kier alpha value is -3.21. The number of likely N-dealkylation sites (tertiary alicyclic amines) is 2. The van der Waals surface area contributed by atoms with Crippen molar-refractivity contribution in [1.82, 2.24) is 9.80 Å². The van der Waals surface area contributed by atoms with Gasteiger partial charge in [-0.2, -0.15) is 0 Å². The van der Waals surface area contributed by atoms with E-state index in [1.807, 2.05) is 12.1 Å². The predicted octanol–water partition coefficient (Wildman–Crippen LogP) is 3.01. The van der Waals surface area contributed by atoms with Crippen LogP contribution in [-0.4, -0.2) is 83.4 Å². The molecule has 0 spiro atoms. The average Bonchev–Trinajstić information content (AvgIpc) is 3.47. The lowest BCUT2D eigenvalue weighted by Crippen LogP contribution is -2.51. The fraction of sp³-hybridized carbons (Fsp3) is 0.567. The van der Waals surface area contributed by atoms with Crippen LogP contribution in [0.4, 0.5) is 11.4 Å². The Morgan fingerprint density at radius 3 is 2.38 bits per heavy atom. The van der Waals surface area contributed by atoms with Gasteiger partial charge in [-0.3, -0.25) is 9.80 Å². The van der Waals surface area contributed by atoms with Crippen molar-refractivity contribution in [3.63, 3.8) is 0 Å². The normalized spacial score (nSPS) is 21.9. The third-order valence-corrected chi connectivity index (χ3v) is 8.57. The predicted molar refractivity (Wildman–Crippen MR) is 161 cm³/mol. The lowest BCUT2D eigenvalue weighted by molar-refractivity contribution is 0.125. The number of benzene rings is 2. The largest absolute Gasteiger partial charge is 0.493 e. The number of methoxy groups -OCH3 is 2. The Morgan fingerprint density at radius 2 is 1.70 bits per heavy atom. The van der Waals surface area contributed by atoms with Crippen LogP contribution >= 0.6 is 0 Å². The fourth-order valence-electron chi connectivity index (χ4n) is 6.36. The van der Waals surface area contributed by atoms with E-state index < -0.39 is 5.66 Å². The molecule has 0 aromatic heterocycles. The van der Waals surface area contributed by atoms with Crippen LogP contribution in [0.25, 0.3) is 0 Å². The molecule has 2 fully saturated rings. The quantitative estimate of drug-likeness (QED) is 0.410. The highest BCUT2D eigenvalue weighted by atomic mass is 16.5. The molecule has 1 unspecified atom stereocenters. The Balaban J connectivity index is 1.30. The van der Waals surface area contributed by atoms with Gasteiger partial charge in [0, 0.05) is 56.0 Å². The van der Waals surface area contributed by atoms with E-state index in [1.54, 1.807) is 14.2 Å². The van der Waals surface area contributed by atoms with Crippen LogP contribution in [0.15, 0.2) is 35.3 Å². The van der Waals surface area contributed by atoms with Crippen molar-refractivity contribution in [2.24, 2.45) is 22.4 Å². The molecule has 5 rings (SSSR count). The third-order valence-electron chi connectivity index (χ3n) is 8.57. The minimum Gasteiger partial charge on any atom is -0.493 e. The molecule has 0 bridgehead atoms. The number of nitrogens with zero attached hydrogens (tertiary/aromatic N) is 4. The molecule has 2 aromatic rings. The first-order valence-corrected chi connectivity index (χ1v) is 14.4. The summed E-state index contributed by atoms with van der Waals surface area (Å²) in [7, 11) is 7.44. The molecular weight excluding hydrogens is 506 g/mol. The number of guanidine groups is 1. The Morgan fingerprint density at radius 1 is 1.00 bits per heavy atom. The summed E-state index contributed by atoms with van der Waals surface area (Å²) in [6.07, 6.45) is 4.39. The third kappa shape index (κ3) is 5.80. The molecule has 2 aromatic carbocycles. The van der Waals surface area contributed by atoms with Gasteiger partial charge in [0.1, 0.15) is 18.0 Å². The number of nitrogens with two attached hydrogens (primary N) is 2. The van der Waals surface area contributed by atoms with E-state index >= 15 is 0 Å². The molecule has 0 saturated carbocycles. The van der Waals surface area contributed by atoms with Crippen LogP contribution in [0, 0.1) is 5.92 Å². The lowest BCUT2D eigenvalue weighted by atomic mass is 9.79. The van der Waals surface area contributed by atoms with Crippen molar-refractivity contribution in [1.29, 1.82) is 0 Å². The Labute approximate surface area is 238 Å². The number of fused-ring (bicyclic) bond motifs is 1. The number of aliphatic imine (C=N–C) groups is 1. The zero-order valence-electron chi connectivity index (χ0n) is 24.4. The summed E-state index contributed by atoms with van der Waals surface area (Å²) in [5.74, 6) is 2.68. The van der Waals surface area contributed by atoms with Crippen molar-refractivity contribution in [3.8, 4) is 17.2 Å². The van der Waals surface area contributed by atoms with Gasteiger partial charge in [-0.25, -0.2) is 4.99 Å². The van der Waals surface area contributed by atoms with Gasteiger partial charge in [0.25, 0.3) is 0 Å². The molecular formula is C30H45N7O3. The first kappa shape index (κ1) is 28.3. The van der Waals surface area contributed by atoms with Gasteiger partial charge in [0.05, 0.1) is 19.9 Å². The zero-order chi connectivity index (χ0) is 28.3. The summed E-state index contributed by atoms with van der Waals surface area (Å²) < 4.78 is 17.5. The highest BCUT2D eigenvalue weighted by molar-refractivity contribution is 5.96. The Bertz CT molecular complexity index is 1210. The van der Waals surface area contributed by atoms with Gasteiger partial charge in [-0.15, -0.1) is 0 Å². The molecule has 3 heterocycles. The van der Waals surface area contributed by atoms with Gasteiger partial charge in [-0.05, 0) is 70.1 Å².